The fourth-order valence-electron chi connectivity index (χ4n) is 3.13. The maximum absolute atomic E-state index is 12.1. The topological polar surface area (TPSA) is 111 Å². The van der Waals surface area contributed by atoms with Crippen molar-refractivity contribution < 1.29 is 19.1 Å². The van der Waals surface area contributed by atoms with Crippen LogP contribution >= 0.6 is 0 Å². The lowest BCUT2D eigenvalue weighted by molar-refractivity contribution is -0.118. The van der Waals surface area contributed by atoms with E-state index in [0.717, 1.165) is 0 Å². The Morgan fingerprint density at radius 3 is 2.67 bits per heavy atom. The summed E-state index contributed by atoms with van der Waals surface area (Å²) in [5.41, 5.74) is 1.07. The number of nitrogens with zero attached hydrogens (tertiary/aromatic N) is 4. The van der Waals surface area contributed by atoms with Crippen LogP contribution in [0.5, 0.6) is 0 Å². The zero-order valence-corrected chi connectivity index (χ0v) is 19.8. The van der Waals surface area contributed by atoms with Crippen molar-refractivity contribution in [1.29, 1.82) is 0 Å². The van der Waals surface area contributed by atoms with Crippen LogP contribution in [0.2, 0.25) is 18.1 Å². The molecule has 0 aliphatic carbocycles. The molecule has 1 aliphatic heterocycles. The van der Waals surface area contributed by atoms with E-state index in [9.17, 15) is 9.90 Å². The second-order valence-electron chi connectivity index (χ2n) is 9.65. The maximum atomic E-state index is 12.1. The molecule has 30 heavy (non-hydrogen) atoms. The van der Waals surface area contributed by atoms with Crippen LogP contribution in [0.25, 0.3) is 11.2 Å². The molecule has 166 valence electrons. The molecular formula is C20H33N5O4Si. The second kappa shape index (κ2) is 8.33. The zero-order chi connectivity index (χ0) is 22.3. The molecule has 2 unspecified atom stereocenters. The molecule has 9 nitrogen and oxygen atoms in total. The smallest absolute Gasteiger partial charge is 0.228 e. The molecule has 3 heterocycles. The Labute approximate surface area is 178 Å². The summed E-state index contributed by atoms with van der Waals surface area (Å²) >= 11 is 0. The molecule has 1 fully saturated rings. The van der Waals surface area contributed by atoms with Gasteiger partial charge < -0.3 is 19.6 Å². The quantitative estimate of drug-likeness (QED) is 0.671. The van der Waals surface area contributed by atoms with Gasteiger partial charge in [0.25, 0.3) is 0 Å². The van der Waals surface area contributed by atoms with E-state index in [1.54, 1.807) is 6.33 Å². The molecule has 0 bridgehead atoms. The minimum Gasteiger partial charge on any atom is -0.411 e. The van der Waals surface area contributed by atoms with Crippen molar-refractivity contribution in [3.63, 3.8) is 0 Å². The van der Waals surface area contributed by atoms with Gasteiger partial charge in [-0.2, -0.15) is 0 Å². The van der Waals surface area contributed by atoms with Gasteiger partial charge in [-0.05, 0) is 18.1 Å². The summed E-state index contributed by atoms with van der Waals surface area (Å²) in [4.78, 5) is 25.0. The van der Waals surface area contributed by atoms with E-state index in [1.165, 1.54) is 6.33 Å². The Bertz CT molecular complexity index is 908. The lowest BCUT2D eigenvalue weighted by Gasteiger charge is -2.39. The van der Waals surface area contributed by atoms with Crippen LogP contribution < -0.4 is 5.32 Å². The number of fused-ring (bicyclic) bond motifs is 1. The number of carbonyl (C=O) groups is 1. The fourth-order valence-corrected chi connectivity index (χ4v) is 4.49. The van der Waals surface area contributed by atoms with Gasteiger partial charge in [-0.15, -0.1) is 0 Å². The molecule has 1 aliphatic rings. The van der Waals surface area contributed by atoms with Crippen LogP contribution in [-0.2, 0) is 14.0 Å². The number of amides is 1. The summed E-state index contributed by atoms with van der Waals surface area (Å²) in [6.45, 7) is 14.5. The van der Waals surface area contributed by atoms with Crippen molar-refractivity contribution >= 4 is 31.2 Å². The summed E-state index contributed by atoms with van der Waals surface area (Å²) < 4.78 is 14.5. The fraction of sp³-hybridized carbons (Fsp3) is 0.700. The van der Waals surface area contributed by atoms with Crippen molar-refractivity contribution in [3.05, 3.63) is 12.7 Å². The molecule has 10 heteroatoms. The Balaban J connectivity index is 1.85. The molecule has 2 aromatic rings. The van der Waals surface area contributed by atoms with Gasteiger partial charge in [0.1, 0.15) is 18.7 Å². The van der Waals surface area contributed by atoms with Crippen molar-refractivity contribution in [3.8, 4) is 0 Å². The highest BCUT2D eigenvalue weighted by atomic mass is 28.4. The van der Waals surface area contributed by atoms with Gasteiger partial charge in [0.2, 0.25) is 5.91 Å². The monoisotopic (exact) mass is 435 g/mol. The highest BCUT2D eigenvalue weighted by Crippen LogP contribution is 2.41. The highest BCUT2D eigenvalue weighted by Gasteiger charge is 2.45. The molecule has 3 atom stereocenters. The molecular weight excluding hydrogens is 402 g/mol. The average molecular weight is 436 g/mol. The van der Waals surface area contributed by atoms with Crippen LogP contribution in [0.4, 0.5) is 5.82 Å². The summed E-state index contributed by atoms with van der Waals surface area (Å²) in [5, 5.41) is 12.7. The first-order valence-corrected chi connectivity index (χ1v) is 13.3. The van der Waals surface area contributed by atoms with E-state index >= 15 is 0 Å². The van der Waals surface area contributed by atoms with Gasteiger partial charge in [0.15, 0.2) is 25.3 Å². The van der Waals surface area contributed by atoms with Crippen molar-refractivity contribution in [2.75, 3.05) is 11.9 Å². The molecule has 2 aromatic heterocycles. The molecule has 0 saturated carbocycles. The van der Waals surface area contributed by atoms with Gasteiger partial charge in [-0.3, -0.25) is 9.36 Å². The van der Waals surface area contributed by atoms with Crippen molar-refractivity contribution in [2.45, 2.75) is 77.6 Å². The standard InChI is InChI=1S/C20H33N5O4Si/c1-12(2)19(27)24-17-16-18(22-10-21-17)25(11-23-16)15-8-13(14(9-26)28-15)29-30(6,7)20(3,4)5/h10-15,26H,8-9H2,1-7H3,(H,21,22,24,27)/t13?,14?,15-/m1/s1. The third-order valence-corrected chi connectivity index (χ3v) is 10.6. The van der Waals surface area contributed by atoms with Crippen LogP contribution in [0.3, 0.4) is 0 Å². The molecule has 0 spiro atoms. The molecule has 0 radical (unpaired) electrons. The third kappa shape index (κ3) is 4.41. The van der Waals surface area contributed by atoms with Gasteiger partial charge in [-0.25, -0.2) is 15.0 Å². The lowest BCUT2D eigenvalue weighted by Crippen LogP contribution is -2.46. The van der Waals surface area contributed by atoms with Crippen molar-refractivity contribution in [2.24, 2.45) is 5.92 Å². The summed E-state index contributed by atoms with van der Waals surface area (Å²) in [7, 11) is -2.02. The highest BCUT2D eigenvalue weighted by molar-refractivity contribution is 6.74. The lowest BCUT2D eigenvalue weighted by atomic mass is 10.2. The van der Waals surface area contributed by atoms with Crippen LogP contribution in [0.1, 0.15) is 47.3 Å². The Kier molecular flexibility index (Phi) is 6.33. The molecule has 0 aromatic carbocycles. The third-order valence-electron chi connectivity index (χ3n) is 6.05. The number of hydrogen-bond donors (Lipinski definition) is 2. The number of anilines is 1. The largest absolute Gasteiger partial charge is 0.411 e. The number of ether oxygens (including phenoxy) is 1. The normalized spacial score (nSPS) is 22.8. The van der Waals surface area contributed by atoms with E-state index in [1.807, 2.05) is 18.4 Å². The van der Waals surface area contributed by atoms with Gasteiger partial charge in [0.05, 0.1) is 19.0 Å². The predicted octanol–water partition coefficient (Wildman–Crippen LogP) is 3.09. The number of rotatable bonds is 6. The van der Waals surface area contributed by atoms with E-state index in [4.69, 9.17) is 9.16 Å². The summed E-state index contributed by atoms with van der Waals surface area (Å²) in [6.07, 6.45) is 2.63. The predicted molar refractivity (Wildman–Crippen MR) is 116 cm³/mol. The van der Waals surface area contributed by atoms with E-state index in [0.29, 0.717) is 23.4 Å². The van der Waals surface area contributed by atoms with Crippen LogP contribution in [0, 0.1) is 5.92 Å². The van der Waals surface area contributed by atoms with E-state index in [2.05, 4.69) is 54.1 Å². The SMILES string of the molecule is CC(C)C(=O)Nc1ncnc2c1ncn2[C@H]1CC(O[Si](C)(C)C(C)(C)C)C(CO)O1. The van der Waals surface area contributed by atoms with Gasteiger partial charge in [0, 0.05) is 12.3 Å². The molecule has 1 amide bonds. The van der Waals surface area contributed by atoms with E-state index in [-0.39, 0.29) is 35.8 Å². The Hall–Kier alpha value is -1.88. The minimum atomic E-state index is -2.02. The number of aromatic nitrogens is 4. The first-order chi connectivity index (χ1) is 13.9. The van der Waals surface area contributed by atoms with Crippen LogP contribution in [0.15, 0.2) is 12.7 Å². The van der Waals surface area contributed by atoms with Crippen molar-refractivity contribution in [1.82, 2.24) is 19.5 Å². The number of imidazole rings is 1. The zero-order valence-electron chi connectivity index (χ0n) is 18.8. The maximum Gasteiger partial charge on any atom is 0.228 e. The summed E-state index contributed by atoms with van der Waals surface area (Å²) in [6, 6.07) is 0. The first-order valence-electron chi connectivity index (χ1n) is 10.4. The molecule has 2 N–H and O–H groups in total. The minimum absolute atomic E-state index is 0.0591. The number of aliphatic hydroxyl groups is 1. The van der Waals surface area contributed by atoms with Gasteiger partial charge >= 0.3 is 0 Å². The second-order valence-corrected chi connectivity index (χ2v) is 14.4. The average Bonchev–Trinajstić information content (AvgIpc) is 3.24. The van der Waals surface area contributed by atoms with Crippen LogP contribution in [-0.4, -0.2) is 57.7 Å². The van der Waals surface area contributed by atoms with Gasteiger partial charge in [-0.1, -0.05) is 34.6 Å². The first kappa shape index (κ1) is 22.8. The Morgan fingerprint density at radius 2 is 2.07 bits per heavy atom. The Morgan fingerprint density at radius 1 is 1.37 bits per heavy atom. The number of nitrogens with one attached hydrogen (secondary N) is 1. The number of aliphatic hydroxyl groups excluding tert-OH is 1. The number of hydrogen-bond acceptors (Lipinski definition) is 7. The van der Waals surface area contributed by atoms with E-state index < -0.39 is 14.4 Å². The molecule has 3 rings (SSSR count). The number of carbonyl (C=O) groups excluding carboxylic acids is 1. The summed E-state index contributed by atoms with van der Waals surface area (Å²) in [5.74, 6) is 0.0712. The molecule has 1 saturated heterocycles.